The van der Waals surface area contributed by atoms with Crippen molar-refractivity contribution in [2.24, 2.45) is 17.2 Å². The largest absolute Gasteiger partial charge is 0.504 e. The van der Waals surface area contributed by atoms with Crippen molar-refractivity contribution in [3.63, 3.8) is 0 Å². The van der Waals surface area contributed by atoms with E-state index in [4.69, 9.17) is 17.2 Å². The molecule has 0 atom stereocenters. The SMILES string of the molecule is NC(N)=C(/C=C(\N)c1cc(F)cc(F)c1O)c1ccccc1. The maximum Gasteiger partial charge on any atom is 0.168 e. The van der Waals surface area contributed by atoms with Crippen LogP contribution in [0, 0.1) is 11.6 Å². The van der Waals surface area contributed by atoms with E-state index in [0.29, 0.717) is 17.2 Å². The van der Waals surface area contributed by atoms with Crippen LogP contribution in [-0.2, 0) is 0 Å². The molecule has 0 heterocycles. The highest BCUT2D eigenvalue weighted by atomic mass is 19.1. The Morgan fingerprint density at radius 1 is 1.00 bits per heavy atom. The van der Waals surface area contributed by atoms with E-state index in [-0.39, 0.29) is 17.1 Å². The van der Waals surface area contributed by atoms with Crippen LogP contribution in [0.4, 0.5) is 8.78 Å². The van der Waals surface area contributed by atoms with Gasteiger partial charge >= 0.3 is 0 Å². The molecule has 0 aliphatic heterocycles. The lowest BCUT2D eigenvalue weighted by Crippen LogP contribution is -2.12. The standard InChI is InChI=1S/C16H15F2N3O/c17-10-6-12(15(22)13(18)7-10)14(19)8-11(16(20)21)9-4-2-1-3-5-9/h1-8,22H,19-21H2/b14-8-. The maximum atomic E-state index is 13.4. The fourth-order valence-electron chi connectivity index (χ4n) is 1.97. The van der Waals surface area contributed by atoms with E-state index in [2.05, 4.69) is 0 Å². The normalized spacial score (nSPS) is 11.3. The topological polar surface area (TPSA) is 98.3 Å². The van der Waals surface area contributed by atoms with Crippen LogP contribution in [0.1, 0.15) is 11.1 Å². The first kappa shape index (κ1) is 15.4. The van der Waals surface area contributed by atoms with Gasteiger partial charge in [-0.25, -0.2) is 8.78 Å². The van der Waals surface area contributed by atoms with Gasteiger partial charge in [-0.1, -0.05) is 30.3 Å². The van der Waals surface area contributed by atoms with E-state index in [0.717, 1.165) is 6.07 Å². The first-order valence-electron chi connectivity index (χ1n) is 6.36. The molecule has 0 bridgehead atoms. The summed E-state index contributed by atoms with van der Waals surface area (Å²) in [6, 6.07) is 10.4. The van der Waals surface area contributed by atoms with Crippen molar-refractivity contribution in [2.75, 3.05) is 0 Å². The minimum Gasteiger partial charge on any atom is -0.504 e. The lowest BCUT2D eigenvalue weighted by atomic mass is 10.0. The van der Waals surface area contributed by atoms with Crippen LogP contribution < -0.4 is 17.2 Å². The molecule has 4 nitrogen and oxygen atoms in total. The minimum absolute atomic E-state index is 0.00878. The zero-order chi connectivity index (χ0) is 16.3. The van der Waals surface area contributed by atoms with E-state index in [9.17, 15) is 13.9 Å². The summed E-state index contributed by atoms with van der Waals surface area (Å²) in [6.45, 7) is 0. The molecule has 0 fully saturated rings. The summed E-state index contributed by atoms with van der Waals surface area (Å²) < 4.78 is 26.7. The highest BCUT2D eigenvalue weighted by molar-refractivity contribution is 5.85. The number of phenols is 1. The van der Waals surface area contributed by atoms with Crippen molar-refractivity contribution < 1.29 is 13.9 Å². The molecule has 0 radical (unpaired) electrons. The number of rotatable bonds is 3. The second-order valence-corrected chi connectivity index (χ2v) is 4.62. The van der Waals surface area contributed by atoms with Crippen molar-refractivity contribution in [3.8, 4) is 5.75 Å². The predicted molar refractivity (Wildman–Crippen MR) is 81.9 cm³/mol. The second-order valence-electron chi connectivity index (χ2n) is 4.62. The number of aromatic hydroxyl groups is 1. The second kappa shape index (κ2) is 6.17. The Bertz CT molecular complexity index is 751. The molecule has 0 amide bonds. The van der Waals surface area contributed by atoms with Crippen LogP contribution in [0.15, 0.2) is 54.4 Å². The van der Waals surface area contributed by atoms with Crippen molar-refractivity contribution in [1.82, 2.24) is 0 Å². The molecule has 0 aliphatic carbocycles. The molecule has 2 aromatic carbocycles. The van der Waals surface area contributed by atoms with Gasteiger partial charge in [0.2, 0.25) is 0 Å². The molecule has 7 N–H and O–H groups in total. The molecule has 0 aliphatic rings. The average molecular weight is 303 g/mol. The predicted octanol–water partition coefficient (Wildman–Crippen LogP) is 2.26. The number of hydrogen-bond acceptors (Lipinski definition) is 4. The summed E-state index contributed by atoms with van der Waals surface area (Å²) in [5, 5.41) is 9.67. The fraction of sp³-hybridized carbons (Fsp3) is 0. The zero-order valence-electron chi connectivity index (χ0n) is 11.6. The fourth-order valence-corrected chi connectivity index (χ4v) is 1.97. The van der Waals surface area contributed by atoms with Crippen molar-refractivity contribution >= 4 is 11.3 Å². The number of halogens is 2. The van der Waals surface area contributed by atoms with Crippen molar-refractivity contribution in [3.05, 3.63) is 77.1 Å². The van der Waals surface area contributed by atoms with Gasteiger partial charge in [0, 0.05) is 22.9 Å². The summed E-state index contributed by atoms with van der Waals surface area (Å²) in [5.74, 6) is -2.70. The number of allylic oxidation sites excluding steroid dienone is 2. The van der Waals surface area contributed by atoms with Crippen LogP contribution in [0.2, 0.25) is 0 Å². The molecule has 2 rings (SSSR count). The summed E-state index contributed by atoms with van der Waals surface area (Å²) in [5.41, 5.74) is 17.9. The molecule has 0 saturated heterocycles. The van der Waals surface area contributed by atoms with Crippen LogP contribution in [0.25, 0.3) is 11.3 Å². The first-order chi connectivity index (χ1) is 10.4. The molecule has 0 aromatic heterocycles. The summed E-state index contributed by atoms with van der Waals surface area (Å²) in [7, 11) is 0. The lowest BCUT2D eigenvalue weighted by molar-refractivity contribution is 0.426. The van der Waals surface area contributed by atoms with Crippen LogP contribution in [-0.4, -0.2) is 5.11 Å². The molecule has 0 unspecified atom stereocenters. The van der Waals surface area contributed by atoms with Gasteiger partial charge in [-0.2, -0.15) is 0 Å². The number of phenolic OH excluding ortho intramolecular Hbond substituents is 1. The first-order valence-corrected chi connectivity index (χ1v) is 6.36. The van der Waals surface area contributed by atoms with Gasteiger partial charge in [-0.3, -0.25) is 0 Å². The Morgan fingerprint density at radius 3 is 2.23 bits per heavy atom. The Hall–Kier alpha value is -3.02. The minimum atomic E-state index is -1.10. The summed E-state index contributed by atoms with van der Waals surface area (Å²) in [4.78, 5) is 0. The molecule has 6 heteroatoms. The van der Waals surface area contributed by atoms with Crippen LogP contribution in [0.5, 0.6) is 5.75 Å². The van der Waals surface area contributed by atoms with Gasteiger partial charge < -0.3 is 22.3 Å². The van der Waals surface area contributed by atoms with Gasteiger partial charge in [-0.15, -0.1) is 0 Å². The molecular weight excluding hydrogens is 288 g/mol. The summed E-state index contributed by atoms with van der Waals surface area (Å²) >= 11 is 0. The maximum absolute atomic E-state index is 13.4. The Balaban J connectivity index is 2.54. The van der Waals surface area contributed by atoms with E-state index < -0.39 is 17.4 Å². The number of benzene rings is 2. The monoisotopic (exact) mass is 303 g/mol. The summed E-state index contributed by atoms with van der Waals surface area (Å²) in [6.07, 6.45) is 1.36. The van der Waals surface area contributed by atoms with Gasteiger partial charge in [0.25, 0.3) is 0 Å². The third-order valence-corrected chi connectivity index (χ3v) is 3.03. The molecule has 2 aromatic rings. The van der Waals surface area contributed by atoms with Crippen LogP contribution in [0.3, 0.4) is 0 Å². The molecule has 0 saturated carbocycles. The highest BCUT2D eigenvalue weighted by Crippen LogP contribution is 2.28. The third kappa shape index (κ3) is 3.17. The lowest BCUT2D eigenvalue weighted by Gasteiger charge is -2.10. The van der Waals surface area contributed by atoms with E-state index in [1.807, 2.05) is 6.07 Å². The number of hydrogen-bond donors (Lipinski definition) is 4. The smallest absolute Gasteiger partial charge is 0.168 e. The van der Waals surface area contributed by atoms with Crippen molar-refractivity contribution in [1.29, 1.82) is 0 Å². The van der Waals surface area contributed by atoms with E-state index in [1.165, 1.54) is 6.08 Å². The zero-order valence-corrected chi connectivity index (χ0v) is 11.6. The van der Waals surface area contributed by atoms with Gasteiger partial charge in [-0.05, 0) is 17.7 Å². The van der Waals surface area contributed by atoms with Crippen LogP contribution >= 0.6 is 0 Å². The third-order valence-electron chi connectivity index (χ3n) is 3.03. The number of nitrogens with two attached hydrogens (primary N) is 3. The van der Waals surface area contributed by atoms with E-state index in [1.54, 1.807) is 24.3 Å². The molecule has 114 valence electrons. The Morgan fingerprint density at radius 2 is 1.64 bits per heavy atom. The van der Waals surface area contributed by atoms with Gasteiger partial charge in [0.15, 0.2) is 11.6 Å². The molecular formula is C16H15F2N3O. The Kier molecular flexibility index (Phi) is 4.31. The quantitative estimate of drug-likeness (QED) is 0.654. The van der Waals surface area contributed by atoms with Crippen molar-refractivity contribution in [2.45, 2.75) is 0 Å². The Labute approximate surface area is 126 Å². The average Bonchev–Trinajstić information content (AvgIpc) is 2.48. The molecule has 0 spiro atoms. The van der Waals surface area contributed by atoms with Gasteiger partial charge in [0.05, 0.1) is 0 Å². The van der Waals surface area contributed by atoms with E-state index >= 15 is 0 Å². The van der Waals surface area contributed by atoms with Gasteiger partial charge in [0.1, 0.15) is 11.6 Å². The molecule has 22 heavy (non-hydrogen) atoms. The highest BCUT2D eigenvalue weighted by Gasteiger charge is 2.13.